The topological polar surface area (TPSA) is 43.6 Å². The fraction of sp³-hybridized carbons (Fsp3) is 0. The number of fused-ring (bicyclic) bond motifs is 10. The number of benzene rings is 7. The van der Waals surface area contributed by atoms with Gasteiger partial charge in [-0.3, -0.25) is 0 Å². The van der Waals surface area contributed by atoms with E-state index in [9.17, 15) is 0 Å². The second-order valence-electron chi connectivity index (χ2n) is 12.8. The zero-order valence-electron chi connectivity index (χ0n) is 27.1. The van der Waals surface area contributed by atoms with Gasteiger partial charge in [0, 0.05) is 73.5 Å². The molecule has 238 valence electrons. The Morgan fingerprint density at radius 3 is 1.59 bits per heavy atom. The van der Waals surface area contributed by atoms with Gasteiger partial charge >= 0.3 is 0 Å². The van der Waals surface area contributed by atoms with Crippen LogP contribution in [0.15, 0.2) is 158 Å². The molecule has 0 amide bonds. The third kappa shape index (κ3) is 4.40. The minimum atomic E-state index is 0.666. The second kappa shape index (κ2) is 11.2. The summed E-state index contributed by atoms with van der Waals surface area (Å²) in [4.78, 5) is 15.2. The van der Waals surface area contributed by atoms with Crippen molar-refractivity contribution in [1.29, 1.82) is 0 Å². The number of thiophene rings is 2. The van der Waals surface area contributed by atoms with Crippen molar-refractivity contribution < 1.29 is 0 Å². The molecule has 0 N–H and O–H groups in total. The predicted octanol–water partition coefficient (Wildman–Crippen LogP) is 12.7. The first-order chi connectivity index (χ1) is 25.3. The van der Waals surface area contributed by atoms with Crippen LogP contribution in [0.3, 0.4) is 0 Å². The molecule has 11 rings (SSSR count). The highest BCUT2D eigenvalue weighted by molar-refractivity contribution is 7.28. The van der Waals surface area contributed by atoms with Crippen molar-refractivity contribution in [2.45, 2.75) is 0 Å². The van der Waals surface area contributed by atoms with Crippen molar-refractivity contribution in [2.75, 3.05) is 0 Å². The summed E-state index contributed by atoms with van der Waals surface area (Å²) in [5, 5.41) is 7.56. The summed E-state index contributed by atoms with van der Waals surface area (Å²) in [5.74, 6) is 2.01. The van der Waals surface area contributed by atoms with Gasteiger partial charge in [0.05, 0.1) is 11.0 Å². The number of rotatable bonds is 4. The molecule has 0 unspecified atom stereocenters. The lowest BCUT2D eigenvalue weighted by molar-refractivity contribution is 1.08. The standard InChI is InChI=1S/C45H26N4S2/c1-3-12-27(13-4-1)43-46-44(28-14-5-2-6-15-28)48-45(47-43)33-18-11-21-36-41(33)42-38(50-36)25-24-37-40(42)32-23-22-29(26-39(32)51-37)49-34-19-9-7-16-30(34)31-17-8-10-20-35(31)49/h1-26H. The van der Waals surface area contributed by atoms with Gasteiger partial charge in [0.1, 0.15) is 0 Å². The van der Waals surface area contributed by atoms with Gasteiger partial charge < -0.3 is 4.57 Å². The summed E-state index contributed by atoms with van der Waals surface area (Å²) in [6, 6.07) is 55.8. The average molecular weight is 687 g/mol. The monoisotopic (exact) mass is 686 g/mol. The third-order valence-corrected chi connectivity index (χ3v) is 12.1. The average Bonchev–Trinajstić information content (AvgIpc) is 3.87. The molecule has 0 aliphatic carbocycles. The highest BCUT2D eigenvalue weighted by atomic mass is 32.1. The molecule has 0 aliphatic rings. The summed E-state index contributed by atoms with van der Waals surface area (Å²) in [7, 11) is 0. The molecule has 6 heteroatoms. The molecule has 0 radical (unpaired) electrons. The molecule has 0 atom stereocenters. The van der Waals surface area contributed by atoms with Gasteiger partial charge in [-0.25, -0.2) is 15.0 Å². The predicted molar refractivity (Wildman–Crippen MR) is 216 cm³/mol. The van der Waals surface area contributed by atoms with Crippen LogP contribution < -0.4 is 0 Å². The van der Waals surface area contributed by atoms with Crippen LogP contribution in [0.4, 0.5) is 0 Å². The van der Waals surface area contributed by atoms with Crippen molar-refractivity contribution in [3.8, 4) is 39.9 Å². The van der Waals surface area contributed by atoms with Gasteiger partial charge in [0.15, 0.2) is 17.5 Å². The summed E-state index contributed by atoms with van der Waals surface area (Å²) >= 11 is 3.69. The van der Waals surface area contributed by atoms with Crippen LogP contribution >= 0.6 is 22.7 Å². The van der Waals surface area contributed by atoms with Crippen LogP contribution in [0, 0.1) is 0 Å². The van der Waals surface area contributed by atoms with Crippen LogP contribution in [0.2, 0.25) is 0 Å². The first-order valence-electron chi connectivity index (χ1n) is 16.9. The van der Waals surface area contributed by atoms with Crippen molar-refractivity contribution >= 4 is 84.8 Å². The van der Waals surface area contributed by atoms with Gasteiger partial charge in [0.25, 0.3) is 0 Å². The van der Waals surface area contributed by atoms with E-state index in [0.29, 0.717) is 17.5 Å². The smallest absolute Gasteiger partial charge is 0.164 e. The molecule has 0 bridgehead atoms. The van der Waals surface area contributed by atoms with E-state index in [1.807, 2.05) is 59.1 Å². The summed E-state index contributed by atoms with van der Waals surface area (Å²) in [6.07, 6.45) is 0. The molecule has 0 fully saturated rings. The van der Waals surface area contributed by atoms with Crippen molar-refractivity contribution in [1.82, 2.24) is 19.5 Å². The molecule has 4 heterocycles. The van der Waals surface area contributed by atoms with E-state index < -0.39 is 0 Å². The molecule has 7 aromatic carbocycles. The van der Waals surface area contributed by atoms with Gasteiger partial charge in [-0.05, 0) is 42.5 Å². The minimum Gasteiger partial charge on any atom is -0.309 e. The fourth-order valence-electron chi connectivity index (χ4n) is 7.62. The maximum Gasteiger partial charge on any atom is 0.164 e. The minimum absolute atomic E-state index is 0.666. The van der Waals surface area contributed by atoms with Crippen LogP contribution in [0.25, 0.3) is 102 Å². The maximum absolute atomic E-state index is 5.14. The van der Waals surface area contributed by atoms with Gasteiger partial charge in [-0.15, -0.1) is 22.7 Å². The number of aromatic nitrogens is 4. The second-order valence-corrected chi connectivity index (χ2v) is 15.0. The number of nitrogens with zero attached hydrogens (tertiary/aromatic N) is 4. The van der Waals surface area contributed by atoms with E-state index in [0.717, 1.165) is 16.7 Å². The molecule has 0 saturated carbocycles. The first-order valence-corrected chi connectivity index (χ1v) is 18.6. The Kier molecular flexibility index (Phi) is 6.26. The fourth-order valence-corrected chi connectivity index (χ4v) is 9.90. The van der Waals surface area contributed by atoms with E-state index >= 15 is 0 Å². The Bertz CT molecular complexity index is 3030. The van der Waals surface area contributed by atoms with Crippen LogP contribution in [0.5, 0.6) is 0 Å². The van der Waals surface area contributed by atoms with E-state index in [1.165, 1.54) is 67.8 Å². The highest BCUT2D eigenvalue weighted by Gasteiger charge is 2.20. The normalized spacial score (nSPS) is 11.9. The van der Waals surface area contributed by atoms with Gasteiger partial charge in [-0.2, -0.15) is 0 Å². The summed E-state index contributed by atoms with van der Waals surface area (Å²) < 4.78 is 7.43. The lowest BCUT2D eigenvalue weighted by atomic mass is 10.0. The van der Waals surface area contributed by atoms with E-state index in [4.69, 9.17) is 15.0 Å². The molecule has 0 aliphatic heterocycles. The van der Waals surface area contributed by atoms with Gasteiger partial charge in [0.2, 0.25) is 0 Å². The zero-order valence-corrected chi connectivity index (χ0v) is 28.7. The largest absolute Gasteiger partial charge is 0.309 e. The highest BCUT2D eigenvalue weighted by Crippen LogP contribution is 2.47. The maximum atomic E-state index is 5.14. The molecule has 4 aromatic heterocycles. The Labute approximate surface area is 300 Å². The number of para-hydroxylation sites is 2. The lowest BCUT2D eigenvalue weighted by Crippen LogP contribution is -2.00. The van der Waals surface area contributed by atoms with E-state index in [-0.39, 0.29) is 0 Å². The van der Waals surface area contributed by atoms with Crippen molar-refractivity contribution in [3.63, 3.8) is 0 Å². The van der Waals surface area contributed by atoms with Crippen LogP contribution in [0.1, 0.15) is 0 Å². The van der Waals surface area contributed by atoms with Crippen molar-refractivity contribution in [3.05, 3.63) is 158 Å². The number of hydrogen-bond acceptors (Lipinski definition) is 5. The first kappa shape index (κ1) is 28.6. The zero-order chi connectivity index (χ0) is 33.5. The van der Waals surface area contributed by atoms with Crippen LogP contribution in [-0.4, -0.2) is 19.5 Å². The van der Waals surface area contributed by atoms with Crippen molar-refractivity contribution in [2.24, 2.45) is 0 Å². The third-order valence-electron chi connectivity index (χ3n) is 9.86. The molecule has 0 spiro atoms. The molecule has 4 nitrogen and oxygen atoms in total. The Morgan fingerprint density at radius 2 is 0.922 bits per heavy atom. The molecule has 0 saturated heterocycles. The Morgan fingerprint density at radius 1 is 0.373 bits per heavy atom. The Hall–Kier alpha value is -6.21. The summed E-state index contributed by atoms with van der Waals surface area (Å²) in [5.41, 5.74) is 6.56. The summed E-state index contributed by atoms with van der Waals surface area (Å²) in [6.45, 7) is 0. The van der Waals surface area contributed by atoms with Crippen LogP contribution in [-0.2, 0) is 0 Å². The molecular formula is C45H26N4S2. The van der Waals surface area contributed by atoms with Gasteiger partial charge in [-0.1, -0.05) is 115 Å². The van der Waals surface area contributed by atoms with E-state index in [1.54, 1.807) is 0 Å². The number of hydrogen-bond donors (Lipinski definition) is 0. The molecule has 51 heavy (non-hydrogen) atoms. The molecule has 11 aromatic rings. The quantitative estimate of drug-likeness (QED) is 0.185. The Balaban J connectivity index is 1.17. The molecular weight excluding hydrogens is 661 g/mol. The van der Waals surface area contributed by atoms with E-state index in [2.05, 4.69) is 126 Å². The SMILES string of the molecule is c1ccc(-c2nc(-c3ccccc3)nc(-c3cccc4sc5ccc6sc7cc(-n8c9ccccc9c9ccccc98)ccc7c6c5c34)n2)cc1. The lowest BCUT2D eigenvalue weighted by Gasteiger charge is -2.10.